The van der Waals surface area contributed by atoms with Crippen LogP contribution < -0.4 is 10.6 Å². The Bertz CT molecular complexity index is 898. The van der Waals surface area contributed by atoms with Crippen molar-refractivity contribution in [3.63, 3.8) is 0 Å². The van der Waals surface area contributed by atoms with Crippen LogP contribution in [0.2, 0.25) is 0 Å². The fourth-order valence-corrected chi connectivity index (χ4v) is 2.36. The first kappa shape index (κ1) is 18.7. The summed E-state index contributed by atoms with van der Waals surface area (Å²) >= 11 is 0. The summed E-state index contributed by atoms with van der Waals surface area (Å²) in [6.45, 7) is 4.08. The molecule has 7 heteroatoms. The first-order valence-electron chi connectivity index (χ1n) is 7.94. The van der Waals surface area contributed by atoms with E-state index in [-0.39, 0.29) is 22.9 Å². The molecule has 0 atom stereocenters. The molecule has 0 saturated carbocycles. The first-order valence-corrected chi connectivity index (χ1v) is 7.94. The van der Waals surface area contributed by atoms with Gasteiger partial charge in [-0.05, 0) is 23.6 Å². The third-order valence-corrected chi connectivity index (χ3v) is 3.67. The van der Waals surface area contributed by atoms with E-state index in [0.29, 0.717) is 0 Å². The molecule has 0 aliphatic rings. The van der Waals surface area contributed by atoms with Gasteiger partial charge in [0, 0.05) is 18.0 Å². The second-order valence-electron chi connectivity index (χ2n) is 5.78. The molecule has 0 aliphatic heterocycles. The quantitative estimate of drug-likeness (QED) is 0.352. The fraction of sp³-hybridized carbons (Fsp3) is 0.158. The Labute approximate surface area is 151 Å². The van der Waals surface area contributed by atoms with Gasteiger partial charge < -0.3 is 10.6 Å². The van der Waals surface area contributed by atoms with E-state index >= 15 is 0 Å². The second kappa shape index (κ2) is 8.44. The molecule has 0 radical (unpaired) electrons. The maximum absolute atomic E-state index is 12.3. The van der Waals surface area contributed by atoms with Gasteiger partial charge in [0.1, 0.15) is 17.3 Å². The number of nitro benzene ring substituents is 1. The summed E-state index contributed by atoms with van der Waals surface area (Å²) in [5.41, 5.74) is 1.43. The summed E-state index contributed by atoms with van der Waals surface area (Å²) < 4.78 is 0. The highest BCUT2D eigenvalue weighted by Crippen LogP contribution is 2.25. The zero-order valence-electron chi connectivity index (χ0n) is 14.4. The third kappa shape index (κ3) is 4.45. The Morgan fingerprint density at radius 3 is 2.38 bits per heavy atom. The van der Waals surface area contributed by atoms with Crippen molar-refractivity contribution in [1.82, 2.24) is 0 Å². The summed E-state index contributed by atoms with van der Waals surface area (Å²) in [6, 6.07) is 15.1. The third-order valence-electron chi connectivity index (χ3n) is 3.67. The van der Waals surface area contributed by atoms with Crippen molar-refractivity contribution in [1.29, 1.82) is 5.26 Å². The lowest BCUT2D eigenvalue weighted by molar-refractivity contribution is -0.383. The predicted molar refractivity (Wildman–Crippen MR) is 99.6 cm³/mol. The van der Waals surface area contributed by atoms with Gasteiger partial charge in [0.05, 0.1) is 4.92 Å². The lowest BCUT2D eigenvalue weighted by atomic mass is 10.0. The summed E-state index contributed by atoms with van der Waals surface area (Å²) in [5, 5.41) is 25.6. The zero-order valence-corrected chi connectivity index (χ0v) is 14.4. The fourth-order valence-electron chi connectivity index (χ4n) is 2.36. The van der Waals surface area contributed by atoms with Crippen LogP contribution in [0.5, 0.6) is 0 Å². The van der Waals surface area contributed by atoms with Gasteiger partial charge in [-0.15, -0.1) is 0 Å². The van der Waals surface area contributed by atoms with E-state index in [1.54, 1.807) is 12.1 Å². The van der Waals surface area contributed by atoms with Crippen LogP contribution in [0.25, 0.3) is 0 Å². The standard InChI is InChI=1S/C19H18N4O3/c1-13(2)15-7-3-4-8-16(15)21-12-14(11-20)19(24)22-17-9-5-6-10-18(17)23(25)26/h3-10,12-13,21H,1-2H3,(H,22,24)/b14-12-. The minimum atomic E-state index is -0.726. The Morgan fingerprint density at radius 1 is 1.15 bits per heavy atom. The minimum absolute atomic E-state index is 0.0335. The first-order chi connectivity index (χ1) is 12.4. The van der Waals surface area contributed by atoms with Crippen LogP contribution in [-0.2, 0) is 4.79 Å². The summed E-state index contributed by atoms with van der Waals surface area (Å²) in [7, 11) is 0. The molecule has 1 amide bonds. The largest absolute Gasteiger partial charge is 0.360 e. The number of nitriles is 1. The molecule has 0 saturated heterocycles. The van der Waals surface area contributed by atoms with Gasteiger partial charge in [-0.3, -0.25) is 14.9 Å². The Morgan fingerprint density at radius 2 is 1.77 bits per heavy atom. The van der Waals surface area contributed by atoms with Gasteiger partial charge >= 0.3 is 0 Å². The predicted octanol–water partition coefficient (Wildman–Crippen LogP) is 4.18. The van der Waals surface area contributed by atoms with Crippen molar-refractivity contribution in [2.45, 2.75) is 19.8 Å². The molecule has 0 aliphatic carbocycles. The molecule has 2 N–H and O–H groups in total. The monoisotopic (exact) mass is 350 g/mol. The lowest BCUT2D eigenvalue weighted by Gasteiger charge is -2.12. The molecule has 0 unspecified atom stereocenters. The van der Waals surface area contributed by atoms with Crippen molar-refractivity contribution >= 4 is 23.0 Å². The number of benzene rings is 2. The Kier molecular flexibility index (Phi) is 6.06. The van der Waals surface area contributed by atoms with Crippen LogP contribution in [0.3, 0.4) is 0 Å². The van der Waals surface area contributed by atoms with E-state index in [1.807, 2.05) is 38.1 Å². The van der Waals surface area contributed by atoms with E-state index in [9.17, 15) is 20.2 Å². The van der Waals surface area contributed by atoms with Crippen LogP contribution >= 0.6 is 0 Å². The van der Waals surface area contributed by atoms with Crippen molar-refractivity contribution in [2.75, 3.05) is 10.6 Å². The van der Waals surface area contributed by atoms with Crippen molar-refractivity contribution in [2.24, 2.45) is 0 Å². The molecular weight excluding hydrogens is 332 g/mol. The molecule has 2 rings (SSSR count). The highest BCUT2D eigenvalue weighted by Gasteiger charge is 2.17. The number of hydrogen-bond acceptors (Lipinski definition) is 5. The Hall–Kier alpha value is -3.66. The highest BCUT2D eigenvalue weighted by atomic mass is 16.6. The van der Waals surface area contributed by atoms with Gasteiger partial charge in [0.15, 0.2) is 0 Å². The number of nitro groups is 1. The number of rotatable bonds is 6. The minimum Gasteiger partial charge on any atom is -0.360 e. The number of hydrogen-bond donors (Lipinski definition) is 2. The number of anilines is 2. The van der Waals surface area contributed by atoms with Gasteiger partial charge in [-0.2, -0.15) is 5.26 Å². The molecule has 7 nitrogen and oxygen atoms in total. The van der Waals surface area contributed by atoms with Gasteiger partial charge in [0.25, 0.3) is 11.6 Å². The second-order valence-corrected chi connectivity index (χ2v) is 5.78. The molecule has 0 bridgehead atoms. The molecule has 0 aromatic heterocycles. The van der Waals surface area contributed by atoms with Gasteiger partial charge in [-0.1, -0.05) is 44.2 Å². The van der Waals surface area contributed by atoms with Crippen LogP contribution in [0.4, 0.5) is 17.1 Å². The van der Waals surface area contributed by atoms with E-state index < -0.39 is 10.8 Å². The normalized spacial score (nSPS) is 10.9. The van der Waals surface area contributed by atoms with Crippen LogP contribution in [0.15, 0.2) is 60.3 Å². The van der Waals surface area contributed by atoms with Crippen LogP contribution in [0, 0.1) is 21.4 Å². The van der Waals surface area contributed by atoms with Crippen molar-refractivity contribution in [3.05, 3.63) is 76.0 Å². The number of carbonyl (C=O) groups excluding carboxylic acids is 1. The Balaban J connectivity index is 2.21. The smallest absolute Gasteiger partial charge is 0.292 e. The summed E-state index contributed by atoms with van der Waals surface area (Å²) in [4.78, 5) is 22.7. The molecule has 2 aromatic carbocycles. The average Bonchev–Trinajstić information content (AvgIpc) is 2.62. The molecule has 0 fully saturated rings. The molecule has 0 heterocycles. The van der Waals surface area contributed by atoms with Crippen molar-refractivity contribution in [3.8, 4) is 6.07 Å². The maximum Gasteiger partial charge on any atom is 0.292 e. The number of para-hydroxylation sites is 3. The molecule has 0 spiro atoms. The number of carbonyl (C=O) groups is 1. The number of nitrogens with zero attached hydrogens (tertiary/aromatic N) is 2. The SMILES string of the molecule is CC(C)c1ccccc1N/C=C(/C#N)C(=O)Nc1ccccc1[N+](=O)[O-]. The van der Waals surface area contributed by atoms with Crippen LogP contribution in [-0.4, -0.2) is 10.8 Å². The van der Waals surface area contributed by atoms with E-state index in [1.165, 1.54) is 24.4 Å². The zero-order chi connectivity index (χ0) is 19.1. The van der Waals surface area contributed by atoms with Gasteiger partial charge in [-0.25, -0.2) is 0 Å². The molecule has 2 aromatic rings. The van der Waals surface area contributed by atoms with Crippen LogP contribution in [0.1, 0.15) is 25.3 Å². The lowest BCUT2D eigenvalue weighted by Crippen LogP contribution is -2.15. The van der Waals surface area contributed by atoms with E-state index in [4.69, 9.17) is 0 Å². The number of amides is 1. The molecular formula is C19H18N4O3. The highest BCUT2D eigenvalue weighted by molar-refractivity contribution is 6.07. The summed E-state index contributed by atoms with van der Waals surface area (Å²) in [5.74, 6) is -0.463. The molecule has 26 heavy (non-hydrogen) atoms. The van der Waals surface area contributed by atoms with E-state index in [2.05, 4.69) is 10.6 Å². The maximum atomic E-state index is 12.3. The van der Waals surface area contributed by atoms with E-state index in [0.717, 1.165) is 11.3 Å². The summed E-state index contributed by atoms with van der Waals surface area (Å²) in [6.07, 6.45) is 1.30. The van der Waals surface area contributed by atoms with Crippen molar-refractivity contribution < 1.29 is 9.72 Å². The molecule has 132 valence electrons. The topological polar surface area (TPSA) is 108 Å². The number of nitrogens with one attached hydrogen (secondary N) is 2. The van der Waals surface area contributed by atoms with Gasteiger partial charge in [0.2, 0.25) is 0 Å². The average molecular weight is 350 g/mol.